The zero-order valence-electron chi connectivity index (χ0n) is 18.2. The van der Waals surface area contributed by atoms with Crippen molar-refractivity contribution >= 4 is 23.5 Å². The summed E-state index contributed by atoms with van der Waals surface area (Å²) in [6.07, 6.45) is -3.07. The van der Waals surface area contributed by atoms with Gasteiger partial charge < -0.3 is 5.32 Å². The number of aryl methyl sites for hydroxylation is 1. The molecule has 8 nitrogen and oxygen atoms in total. The first-order chi connectivity index (χ1) is 16.2. The molecule has 0 unspecified atom stereocenters. The van der Waals surface area contributed by atoms with E-state index in [1.807, 2.05) is 32.0 Å². The number of nitrogens with zero attached hydrogens (tertiary/aromatic N) is 6. The lowest BCUT2D eigenvalue weighted by molar-refractivity contribution is -0.138. The van der Waals surface area contributed by atoms with Gasteiger partial charge in [0.1, 0.15) is 5.82 Å². The molecule has 0 saturated carbocycles. The van der Waals surface area contributed by atoms with Crippen LogP contribution in [0, 0.1) is 13.8 Å². The molecule has 0 bridgehead atoms. The van der Waals surface area contributed by atoms with E-state index < -0.39 is 11.7 Å². The average molecular weight is 488 g/mol. The van der Waals surface area contributed by atoms with E-state index in [1.165, 1.54) is 35.1 Å². The van der Waals surface area contributed by atoms with Gasteiger partial charge in [-0.1, -0.05) is 42.1 Å². The SMILES string of the molecule is Cc1cccc(-n2nnnc2SCC(=O)Nc2ccnn2Cc2ccccc2C(F)(F)F)c1C. The van der Waals surface area contributed by atoms with Gasteiger partial charge in [-0.25, -0.2) is 4.68 Å². The quantitative estimate of drug-likeness (QED) is 0.392. The number of halogens is 3. The van der Waals surface area contributed by atoms with E-state index in [0.717, 1.165) is 34.6 Å². The Hall–Kier alpha value is -3.67. The van der Waals surface area contributed by atoms with Gasteiger partial charge in [0.15, 0.2) is 0 Å². The third-order valence-electron chi connectivity index (χ3n) is 5.20. The summed E-state index contributed by atoms with van der Waals surface area (Å²) >= 11 is 1.15. The largest absolute Gasteiger partial charge is 0.416 e. The Labute approximate surface area is 197 Å². The van der Waals surface area contributed by atoms with Gasteiger partial charge in [0.2, 0.25) is 11.1 Å². The lowest BCUT2D eigenvalue weighted by Gasteiger charge is -2.14. The third kappa shape index (κ3) is 5.11. The fourth-order valence-corrected chi connectivity index (χ4v) is 4.04. The molecule has 1 N–H and O–H groups in total. The first-order valence-corrected chi connectivity index (χ1v) is 11.2. The summed E-state index contributed by atoms with van der Waals surface area (Å²) < 4.78 is 42.8. The highest BCUT2D eigenvalue weighted by molar-refractivity contribution is 7.99. The van der Waals surface area contributed by atoms with E-state index >= 15 is 0 Å². The van der Waals surface area contributed by atoms with Crippen molar-refractivity contribution in [1.29, 1.82) is 0 Å². The third-order valence-corrected chi connectivity index (χ3v) is 6.12. The number of anilines is 1. The van der Waals surface area contributed by atoms with Crippen LogP contribution < -0.4 is 5.32 Å². The van der Waals surface area contributed by atoms with Crippen LogP contribution in [0.1, 0.15) is 22.3 Å². The maximum atomic E-state index is 13.3. The summed E-state index contributed by atoms with van der Waals surface area (Å²) in [5, 5.41) is 18.9. The zero-order chi connectivity index (χ0) is 24.3. The molecule has 0 fully saturated rings. The Morgan fingerprint density at radius 1 is 1.09 bits per heavy atom. The lowest BCUT2D eigenvalue weighted by Crippen LogP contribution is -2.19. The van der Waals surface area contributed by atoms with Crippen molar-refractivity contribution in [1.82, 2.24) is 30.0 Å². The molecule has 34 heavy (non-hydrogen) atoms. The van der Waals surface area contributed by atoms with Crippen molar-refractivity contribution in [2.75, 3.05) is 11.1 Å². The van der Waals surface area contributed by atoms with Gasteiger partial charge >= 0.3 is 6.18 Å². The number of hydrogen-bond acceptors (Lipinski definition) is 6. The summed E-state index contributed by atoms with van der Waals surface area (Å²) in [7, 11) is 0. The maximum absolute atomic E-state index is 13.3. The molecule has 0 spiro atoms. The van der Waals surface area contributed by atoms with E-state index in [0.29, 0.717) is 5.16 Å². The van der Waals surface area contributed by atoms with Gasteiger partial charge in [-0.3, -0.25) is 4.79 Å². The molecule has 176 valence electrons. The van der Waals surface area contributed by atoms with Crippen molar-refractivity contribution in [2.24, 2.45) is 0 Å². The van der Waals surface area contributed by atoms with E-state index in [4.69, 9.17) is 0 Å². The van der Waals surface area contributed by atoms with Crippen LogP contribution in [0.4, 0.5) is 19.0 Å². The second-order valence-corrected chi connectivity index (χ2v) is 8.40. The van der Waals surface area contributed by atoms with Crippen LogP contribution >= 0.6 is 11.8 Å². The number of carbonyl (C=O) groups excluding carboxylic acids is 1. The number of alkyl halides is 3. The first kappa shape index (κ1) is 23.5. The molecule has 4 rings (SSSR count). The summed E-state index contributed by atoms with van der Waals surface area (Å²) in [6, 6.07) is 12.6. The van der Waals surface area contributed by atoms with Crippen LogP contribution in [0.2, 0.25) is 0 Å². The average Bonchev–Trinajstić information content (AvgIpc) is 3.43. The fraction of sp³-hybridized carbons (Fsp3) is 0.227. The predicted octanol–water partition coefficient (Wildman–Crippen LogP) is 4.27. The van der Waals surface area contributed by atoms with Crippen LogP contribution in [0.5, 0.6) is 0 Å². The highest BCUT2D eigenvalue weighted by atomic mass is 32.2. The van der Waals surface area contributed by atoms with Crippen LogP contribution in [-0.2, 0) is 17.5 Å². The molecule has 0 aliphatic carbocycles. The molecule has 0 aliphatic heterocycles. The van der Waals surface area contributed by atoms with Crippen LogP contribution in [0.3, 0.4) is 0 Å². The van der Waals surface area contributed by atoms with Gasteiger partial charge in [0.25, 0.3) is 0 Å². The second kappa shape index (κ2) is 9.67. The summed E-state index contributed by atoms with van der Waals surface area (Å²) in [5.41, 5.74) is 2.23. The lowest BCUT2D eigenvalue weighted by atomic mass is 10.1. The van der Waals surface area contributed by atoms with Gasteiger partial charge in [-0.15, -0.1) is 5.10 Å². The number of thioether (sulfide) groups is 1. The summed E-state index contributed by atoms with van der Waals surface area (Å²) in [4.78, 5) is 12.6. The number of hydrogen-bond donors (Lipinski definition) is 1. The van der Waals surface area contributed by atoms with E-state index in [1.54, 1.807) is 4.68 Å². The molecule has 0 saturated heterocycles. The number of amides is 1. The van der Waals surface area contributed by atoms with Crippen LogP contribution in [0.25, 0.3) is 5.69 Å². The number of aromatic nitrogens is 6. The van der Waals surface area contributed by atoms with Crippen molar-refractivity contribution < 1.29 is 18.0 Å². The van der Waals surface area contributed by atoms with E-state index in [-0.39, 0.29) is 29.6 Å². The molecule has 4 aromatic rings. The van der Waals surface area contributed by atoms with Gasteiger partial charge in [-0.2, -0.15) is 23.0 Å². The predicted molar refractivity (Wildman–Crippen MR) is 121 cm³/mol. The molecular weight excluding hydrogens is 467 g/mol. The Morgan fingerprint density at radius 2 is 1.88 bits per heavy atom. The number of rotatable bonds is 7. The molecule has 2 aromatic carbocycles. The zero-order valence-corrected chi connectivity index (χ0v) is 19.1. The molecule has 0 radical (unpaired) electrons. The van der Waals surface area contributed by atoms with Gasteiger partial charge in [0, 0.05) is 6.07 Å². The van der Waals surface area contributed by atoms with Crippen molar-refractivity contribution in [3.05, 3.63) is 77.0 Å². The van der Waals surface area contributed by atoms with Crippen molar-refractivity contribution in [3.63, 3.8) is 0 Å². The molecule has 12 heteroatoms. The minimum Gasteiger partial charge on any atom is -0.310 e. The number of tetrazole rings is 1. The fourth-order valence-electron chi connectivity index (χ4n) is 3.36. The molecule has 2 heterocycles. The summed E-state index contributed by atoms with van der Waals surface area (Å²) in [5.74, 6) is -0.0849. The van der Waals surface area contributed by atoms with Crippen molar-refractivity contribution in [2.45, 2.75) is 31.7 Å². The Morgan fingerprint density at radius 3 is 2.68 bits per heavy atom. The van der Waals surface area contributed by atoms with Crippen LogP contribution in [0.15, 0.2) is 59.9 Å². The minimum absolute atomic E-state index is 0.00441. The number of nitrogens with one attached hydrogen (secondary N) is 1. The van der Waals surface area contributed by atoms with E-state index in [9.17, 15) is 18.0 Å². The summed E-state index contributed by atoms with van der Waals surface area (Å²) in [6.45, 7) is 3.81. The monoisotopic (exact) mass is 487 g/mol. The minimum atomic E-state index is -4.48. The molecule has 2 aromatic heterocycles. The highest BCUT2D eigenvalue weighted by Gasteiger charge is 2.33. The van der Waals surface area contributed by atoms with E-state index in [2.05, 4.69) is 25.9 Å². The normalized spacial score (nSPS) is 11.6. The number of benzene rings is 2. The molecule has 1 amide bonds. The highest BCUT2D eigenvalue weighted by Crippen LogP contribution is 2.32. The molecule has 0 aliphatic rings. The maximum Gasteiger partial charge on any atom is 0.416 e. The first-order valence-electron chi connectivity index (χ1n) is 10.2. The molecule has 0 atom stereocenters. The smallest absolute Gasteiger partial charge is 0.310 e. The number of carbonyl (C=O) groups is 1. The van der Waals surface area contributed by atoms with Gasteiger partial charge in [-0.05, 0) is 53.1 Å². The standard InChI is InChI=1S/C22H20F3N7OS/c1-14-6-5-9-18(15(14)2)32-21(28-29-30-32)34-13-20(33)27-19-10-11-26-31(19)12-16-7-3-4-8-17(16)22(23,24)25/h3-11H,12-13H2,1-2H3,(H,27,33). The van der Waals surface area contributed by atoms with Gasteiger partial charge in [0.05, 0.1) is 29.7 Å². The Kier molecular flexibility index (Phi) is 6.68. The Bertz CT molecular complexity index is 1320. The topological polar surface area (TPSA) is 90.5 Å². The Balaban J connectivity index is 1.44. The molecular formula is C22H20F3N7OS. The second-order valence-electron chi connectivity index (χ2n) is 7.46. The van der Waals surface area contributed by atoms with Crippen LogP contribution in [-0.4, -0.2) is 41.6 Å². The van der Waals surface area contributed by atoms with Crippen molar-refractivity contribution in [3.8, 4) is 5.69 Å².